The van der Waals surface area contributed by atoms with Gasteiger partial charge in [0, 0.05) is 24.2 Å². The summed E-state index contributed by atoms with van der Waals surface area (Å²) in [5.41, 5.74) is 8.31. The van der Waals surface area contributed by atoms with Gasteiger partial charge in [-0.1, -0.05) is 24.3 Å². The molecule has 0 aliphatic heterocycles. The first-order valence-corrected chi connectivity index (χ1v) is 8.26. The first-order chi connectivity index (χ1) is 13.1. The van der Waals surface area contributed by atoms with Gasteiger partial charge in [0.2, 0.25) is 0 Å². The van der Waals surface area contributed by atoms with Crippen LogP contribution in [0, 0.1) is 0 Å². The third-order valence-electron chi connectivity index (χ3n) is 3.98. The van der Waals surface area contributed by atoms with E-state index < -0.39 is 0 Å². The van der Waals surface area contributed by atoms with Gasteiger partial charge in [-0.25, -0.2) is 9.97 Å². The average Bonchev–Trinajstić information content (AvgIpc) is 2.74. The van der Waals surface area contributed by atoms with Crippen LogP contribution in [0.1, 0.15) is 34.5 Å². The molecule has 1 aromatic carbocycles. The molecule has 8 nitrogen and oxygen atoms in total. The summed E-state index contributed by atoms with van der Waals surface area (Å²) in [6, 6.07) is 12.6. The van der Waals surface area contributed by atoms with Crippen molar-refractivity contribution < 1.29 is 4.79 Å². The summed E-state index contributed by atoms with van der Waals surface area (Å²) in [5.74, 6) is 5.63. The van der Waals surface area contributed by atoms with E-state index in [1.54, 1.807) is 18.3 Å². The van der Waals surface area contributed by atoms with E-state index in [4.69, 9.17) is 11.6 Å². The fourth-order valence-electron chi connectivity index (χ4n) is 2.48. The largest absolute Gasteiger partial charge is 0.382 e. The van der Waals surface area contributed by atoms with E-state index in [1.165, 1.54) is 12.4 Å². The maximum atomic E-state index is 12.5. The van der Waals surface area contributed by atoms with E-state index in [0.717, 1.165) is 5.56 Å². The summed E-state index contributed by atoms with van der Waals surface area (Å²) in [6.07, 6.45) is 4.63. The molecule has 0 aliphatic carbocycles. The SMILES string of the molecule is C[C@@H](NC(=O)c1cnc(-c2ccccn2)nc1)c1cccc(C(N)=NN)c1. The molecule has 0 bridgehead atoms. The van der Waals surface area contributed by atoms with Crippen LogP contribution in [0.5, 0.6) is 0 Å². The lowest BCUT2D eigenvalue weighted by Crippen LogP contribution is -2.27. The lowest BCUT2D eigenvalue weighted by Gasteiger charge is -2.15. The van der Waals surface area contributed by atoms with Gasteiger partial charge in [-0.2, -0.15) is 5.10 Å². The van der Waals surface area contributed by atoms with E-state index in [1.807, 2.05) is 37.3 Å². The summed E-state index contributed by atoms with van der Waals surface area (Å²) < 4.78 is 0. The Bertz CT molecular complexity index is 955. The van der Waals surface area contributed by atoms with Crippen LogP contribution in [0.25, 0.3) is 11.5 Å². The van der Waals surface area contributed by atoms with Crippen molar-refractivity contribution in [1.29, 1.82) is 0 Å². The fourth-order valence-corrected chi connectivity index (χ4v) is 2.48. The van der Waals surface area contributed by atoms with Gasteiger partial charge < -0.3 is 16.9 Å². The molecular formula is C19H19N7O. The first kappa shape index (κ1) is 18.0. The zero-order chi connectivity index (χ0) is 19.2. The summed E-state index contributed by atoms with van der Waals surface area (Å²) in [5, 5.41) is 6.40. The molecule has 0 radical (unpaired) electrons. The summed E-state index contributed by atoms with van der Waals surface area (Å²) >= 11 is 0. The summed E-state index contributed by atoms with van der Waals surface area (Å²) in [4.78, 5) is 25.1. The lowest BCUT2D eigenvalue weighted by molar-refractivity contribution is 0.0939. The molecule has 136 valence electrons. The van der Waals surface area contributed by atoms with Crippen LogP contribution in [0.4, 0.5) is 0 Å². The Morgan fingerprint density at radius 1 is 1.07 bits per heavy atom. The molecule has 3 rings (SSSR count). The predicted octanol–water partition coefficient (Wildman–Crippen LogP) is 1.61. The highest BCUT2D eigenvalue weighted by Gasteiger charge is 2.14. The third-order valence-corrected chi connectivity index (χ3v) is 3.98. The molecule has 0 saturated heterocycles. The van der Waals surface area contributed by atoms with Gasteiger partial charge in [0.05, 0.1) is 11.6 Å². The third kappa shape index (κ3) is 4.24. The Labute approximate surface area is 156 Å². The van der Waals surface area contributed by atoms with Crippen molar-refractivity contribution >= 4 is 11.7 Å². The van der Waals surface area contributed by atoms with Crippen LogP contribution in [0.15, 0.2) is 66.2 Å². The van der Waals surface area contributed by atoms with E-state index in [2.05, 4.69) is 25.4 Å². The highest BCUT2D eigenvalue weighted by Crippen LogP contribution is 2.15. The Kier molecular flexibility index (Phi) is 5.36. The predicted molar refractivity (Wildman–Crippen MR) is 102 cm³/mol. The topological polar surface area (TPSA) is 132 Å². The number of benzene rings is 1. The number of nitrogens with one attached hydrogen (secondary N) is 1. The van der Waals surface area contributed by atoms with E-state index >= 15 is 0 Å². The van der Waals surface area contributed by atoms with Crippen molar-refractivity contribution in [3.8, 4) is 11.5 Å². The summed E-state index contributed by atoms with van der Waals surface area (Å²) in [7, 11) is 0. The van der Waals surface area contributed by atoms with E-state index in [0.29, 0.717) is 22.6 Å². The van der Waals surface area contributed by atoms with Crippen LogP contribution >= 0.6 is 0 Å². The van der Waals surface area contributed by atoms with Crippen LogP contribution in [0.3, 0.4) is 0 Å². The minimum atomic E-state index is -0.277. The Morgan fingerprint density at radius 2 is 1.85 bits per heavy atom. The zero-order valence-electron chi connectivity index (χ0n) is 14.7. The molecule has 2 aromatic heterocycles. The molecule has 0 spiro atoms. The van der Waals surface area contributed by atoms with Crippen molar-refractivity contribution in [3.63, 3.8) is 0 Å². The number of amidine groups is 1. The number of hydrogen-bond donors (Lipinski definition) is 3. The van der Waals surface area contributed by atoms with Gasteiger partial charge in [-0.15, -0.1) is 0 Å². The monoisotopic (exact) mass is 361 g/mol. The molecule has 1 atom stereocenters. The number of aromatic nitrogens is 3. The van der Waals surface area contributed by atoms with Crippen molar-refractivity contribution in [2.24, 2.45) is 16.7 Å². The van der Waals surface area contributed by atoms with Crippen molar-refractivity contribution in [3.05, 3.63) is 77.7 Å². The van der Waals surface area contributed by atoms with Gasteiger partial charge >= 0.3 is 0 Å². The number of carbonyl (C=O) groups is 1. The van der Waals surface area contributed by atoms with Gasteiger partial charge in [0.1, 0.15) is 11.5 Å². The van der Waals surface area contributed by atoms with Crippen molar-refractivity contribution in [2.45, 2.75) is 13.0 Å². The fraction of sp³-hybridized carbons (Fsp3) is 0.105. The number of hydrazone groups is 1. The Balaban J connectivity index is 1.72. The van der Waals surface area contributed by atoms with E-state index in [9.17, 15) is 4.79 Å². The highest BCUT2D eigenvalue weighted by atomic mass is 16.1. The molecule has 0 aliphatic rings. The maximum Gasteiger partial charge on any atom is 0.254 e. The number of nitrogens with zero attached hydrogens (tertiary/aromatic N) is 4. The maximum absolute atomic E-state index is 12.5. The summed E-state index contributed by atoms with van der Waals surface area (Å²) in [6.45, 7) is 1.87. The molecule has 5 N–H and O–H groups in total. The number of hydrogen-bond acceptors (Lipinski definition) is 6. The Morgan fingerprint density at radius 3 is 2.52 bits per heavy atom. The average molecular weight is 361 g/mol. The standard InChI is InChI=1S/C19H19N7O/c1-12(13-5-4-6-14(9-13)17(20)26-21)25-19(27)15-10-23-18(24-11-15)16-7-2-3-8-22-16/h2-12H,21H2,1H3,(H2,20,26)(H,25,27)/t12-/m1/s1. The number of amides is 1. The first-order valence-electron chi connectivity index (χ1n) is 8.26. The van der Waals surface area contributed by atoms with Crippen molar-refractivity contribution in [2.75, 3.05) is 0 Å². The molecule has 2 heterocycles. The second kappa shape index (κ2) is 8.05. The van der Waals surface area contributed by atoms with Gasteiger partial charge in [0.15, 0.2) is 5.82 Å². The second-order valence-corrected chi connectivity index (χ2v) is 5.85. The quantitative estimate of drug-likeness (QED) is 0.274. The number of rotatable bonds is 5. The number of pyridine rings is 1. The molecule has 3 aromatic rings. The molecular weight excluding hydrogens is 342 g/mol. The molecule has 0 unspecified atom stereocenters. The van der Waals surface area contributed by atoms with Gasteiger partial charge in [-0.3, -0.25) is 9.78 Å². The minimum Gasteiger partial charge on any atom is -0.382 e. The van der Waals surface area contributed by atoms with Crippen LogP contribution in [-0.4, -0.2) is 26.7 Å². The molecule has 8 heteroatoms. The van der Waals surface area contributed by atoms with E-state index in [-0.39, 0.29) is 17.8 Å². The van der Waals surface area contributed by atoms with Crippen molar-refractivity contribution in [1.82, 2.24) is 20.3 Å². The number of nitrogens with two attached hydrogens (primary N) is 2. The zero-order valence-corrected chi connectivity index (χ0v) is 14.7. The molecule has 1 amide bonds. The smallest absolute Gasteiger partial charge is 0.254 e. The highest BCUT2D eigenvalue weighted by molar-refractivity contribution is 5.97. The minimum absolute atomic E-state index is 0.230. The van der Waals surface area contributed by atoms with Gasteiger partial charge in [0.25, 0.3) is 5.91 Å². The number of carbonyl (C=O) groups excluding carboxylic acids is 1. The molecule has 0 saturated carbocycles. The normalized spacial score (nSPS) is 12.4. The molecule has 27 heavy (non-hydrogen) atoms. The van der Waals surface area contributed by atoms with Crippen LogP contribution < -0.4 is 16.9 Å². The van der Waals surface area contributed by atoms with Crippen LogP contribution in [0.2, 0.25) is 0 Å². The van der Waals surface area contributed by atoms with Crippen LogP contribution in [-0.2, 0) is 0 Å². The lowest BCUT2D eigenvalue weighted by atomic mass is 10.0. The molecule has 0 fully saturated rings. The van der Waals surface area contributed by atoms with Gasteiger partial charge in [-0.05, 0) is 30.7 Å². The second-order valence-electron chi connectivity index (χ2n) is 5.85. The Hall–Kier alpha value is -3.81.